The Morgan fingerprint density at radius 1 is 0.812 bits per heavy atom. The van der Waals surface area contributed by atoms with E-state index in [1.807, 2.05) is 17.0 Å². The van der Waals surface area contributed by atoms with Crippen molar-refractivity contribution in [3.63, 3.8) is 0 Å². The molecule has 1 fully saturated rings. The highest BCUT2D eigenvalue weighted by Gasteiger charge is 2.28. The Hall–Kier alpha value is -3.44. The number of ether oxygens (including phenoxy) is 1. The lowest BCUT2D eigenvalue weighted by Gasteiger charge is -2.39. The molecule has 0 atom stereocenters. The van der Waals surface area contributed by atoms with Crippen molar-refractivity contribution in [2.24, 2.45) is 0 Å². The van der Waals surface area contributed by atoms with Gasteiger partial charge in [-0.15, -0.1) is 0 Å². The van der Waals surface area contributed by atoms with Gasteiger partial charge in [0.1, 0.15) is 5.75 Å². The van der Waals surface area contributed by atoms with Crippen LogP contribution in [0.5, 0.6) is 5.75 Å². The van der Waals surface area contributed by atoms with Crippen LogP contribution in [0.3, 0.4) is 0 Å². The Morgan fingerprint density at radius 2 is 1.41 bits per heavy atom. The summed E-state index contributed by atoms with van der Waals surface area (Å²) in [6, 6.07) is 28.1. The molecule has 0 N–H and O–H groups in total. The second-order valence-electron chi connectivity index (χ2n) is 8.01. The predicted molar refractivity (Wildman–Crippen MR) is 125 cm³/mol. The molecule has 0 spiro atoms. The van der Waals surface area contributed by atoms with E-state index in [9.17, 15) is 9.59 Å². The number of hydrogen-bond acceptors (Lipinski definition) is 4. The second kappa shape index (κ2) is 10.2. The minimum absolute atomic E-state index is 0.0238. The van der Waals surface area contributed by atoms with Gasteiger partial charge in [-0.25, -0.2) is 0 Å². The lowest BCUT2D eigenvalue weighted by atomic mass is 9.96. The van der Waals surface area contributed by atoms with Crippen molar-refractivity contribution in [3.8, 4) is 5.75 Å². The molecule has 1 saturated heterocycles. The highest BCUT2D eigenvalue weighted by Crippen LogP contribution is 2.29. The molecule has 0 unspecified atom stereocenters. The minimum Gasteiger partial charge on any atom is -0.484 e. The van der Waals surface area contributed by atoms with Crippen LogP contribution >= 0.6 is 0 Å². The zero-order valence-electron chi connectivity index (χ0n) is 18.3. The molecule has 32 heavy (non-hydrogen) atoms. The van der Waals surface area contributed by atoms with E-state index in [2.05, 4.69) is 53.4 Å². The van der Waals surface area contributed by atoms with Gasteiger partial charge < -0.3 is 9.64 Å². The van der Waals surface area contributed by atoms with E-state index in [4.69, 9.17) is 4.74 Å². The maximum Gasteiger partial charge on any atom is 0.260 e. The largest absolute Gasteiger partial charge is 0.484 e. The van der Waals surface area contributed by atoms with Gasteiger partial charge in [0.25, 0.3) is 5.91 Å². The van der Waals surface area contributed by atoms with Crippen molar-refractivity contribution in [1.82, 2.24) is 9.80 Å². The summed E-state index contributed by atoms with van der Waals surface area (Å²) in [5.74, 6) is 0.482. The quantitative estimate of drug-likeness (QED) is 0.529. The van der Waals surface area contributed by atoms with E-state index < -0.39 is 0 Å². The molecule has 3 aromatic carbocycles. The molecule has 1 heterocycles. The standard InChI is InChI=1S/C27H28N2O3/c1-21(30)24-13-8-14-25(19-24)32-20-26(31)28-15-17-29(18-16-28)27(22-9-4-2-5-10-22)23-11-6-3-7-12-23/h2-14,19,27H,15-18,20H2,1H3. The predicted octanol–water partition coefficient (Wildman–Crippen LogP) is 4.20. The first kappa shape index (κ1) is 21.8. The van der Waals surface area contributed by atoms with Crippen LogP contribution in [0, 0.1) is 0 Å². The fourth-order valence-corrected chi connectivity index (χ4v) is 4.16. The number of benzene rings is 3. The first-order chi connectivity index (χ1) is 15.6. The summed E-state index contributed by atoms with van der Waals surface area (Å²) in [6.07, 6.45) is 0. The van der Waals surface area contributed by atoms with Crippen molar-refractivity contribution in [3.05, 3.63) is 102 Å². The van der Waals surface area contributed by atoms with Crippen LogP contribution in [0.2, 0.25) is 0 Å². The summed E-state index contributed by atoms with van der Waals surface area (Å²) in [7, 11) is 0. The van der Waals surface area contributed by atoms with E-state index in [1.165, 1.54) is 18.1 Å². The second-order valence-corrected chi connectivity index (χ2v) is 8.01. The zero-order chi connectivity index (χ0) is 22.3. The maximum atomic E-state index is 12.7. The van der Waals surface area contributed by atoms with Gasteiger partial charge in [0, 0.05) is 31.7 Å². The van der Waals surface area contributed by atoms with E-state index in [1.54, 1.807) is 24.3 Å². The number of carbonyl (C=O) groups is 2. The molecular formula is C27H28N2O3. The number of amides is 1. The summed E-state index contributed by atoms with van der Waals surface area (Å²) in [5.41, 5.74) is 3.09. The van der Waals surface area contributed by atoms with Gasteiger partial charge in [0.15, 0.2) is 12.4 Å². The van der Waals surface area contributed by atoms with Crippen molar-refractivity contribution in [2.75, 3.05) is 32.8 Å². The Morgan fingerprint density at radius 3 is 1.97 bits per heavy atom. The monoisotopic (exact) mass is 428 g/mol. The van der Waals surface area contributed by atoms with E-state index in [0.29, 0.717) is 24.4 Å². The van der Waals surface area contributed by atoms with E-state index >= 15 is 0 Å². The van der Waals surface area contributed by atoms with Gasteiger partial charge in [-0.1, -0.05) is 72.8 Å². The number of ketones is 1. The molecule has 3 aromatic rings. The molecule has 5 nitrogen and oxygen atoms in total. The molecule has 4 rings (SSSR count). The van der Waals surface area contributed by atoms with Crippen LogP contribution in [0.15, 0.2) is 84.9 Å². The van der Waals surface area contributed by atoms with Gasteiger partial charge >= 0.3 is 0 Å². The molecule has 0 aliphatic carbocycles. The van der Waals surface area contributed by atoms with Crippen LogP contribution in [0.1, 0.15) is 34.5 Å². The van der Waals surface area contributed by atoms with Crippen molar-refractivity contribution >= 4 is 11.7 Å². The first-order valence-electron chi connectivity index (χ1n) is 11.0. The van der Waals surface area contributed by atoms with Gasteiger partial charge in [-0.2, -0.15) is 0 Å². The summed E-state index contributed by atoms with van der Waals surface area (Å²) in [4.78, 5) is 28.6. The van der Waals surface area contributed by atoms with Gasteiger partial charge in [-0.05, 0) is 30.2 Å². The number of hydrogen-bond donors (Lipinski definition) is 0. The lowest BCUT2D eigenvalue weighted by Crippen LogP contribution is -2.51. The third kappa shape index (κ3) is 5.24. The highest BCUT2D eigenvalue weighted by molar-refractivity contribution is 5.94. The smallest absolute Gasteiger partial charge is 0.260 e. The van der Waals surface area contributed by atoms with Crippen molar-refractivity contribution < 1.29 is 14.3 Å². The topological polar surface area (TPSA) is 49.9 Å². The molecule has 0 saturated carbocycles. The van der Waals surface area contributed by atoms with E-state index in [0.717, 1.165) is 13.1 Å². The molecule has 5 heteroatoms. The third-order valence-corrected chi connectivity index (χ3v) is 5.87. The highest BCUT2D eigenvalue weighted by atomic mass is 16.5. The van der Waals surface area contributed by atoms with Gasteiger partial charge in [0.2, 0.25) is 0 Å². The number of rotatable bonds is 7. The van der Waals surface area contributed by atoms with Gasteiger partial charge in [0.05, 0.1) is 6.04 Å². The Labute approximate surface area is 189 Å². The Kier molecular flexibility index (Phi) is 6.97. The molecular weight excluding hydrogens is 400 g/mol. The maximum absolute atomic E-state index is 12.7. The van der Waals surface area contributed by atoms with Crippen LogP contribution in [-0.4, -0.2) is 54.3 Å². The number of nitrogens with zero attached hydrogens (tertiary/aromatic N) is 2. The number of piperazine rings is 1. The van der Waals surface area contributed by atoms with Crippen LogP contribution in [-0.2, 0) is 4.79 Å². The molecule has 164 valence electrons. The van der Waals surface area contributed by atoms with Crippen LogP contribution < -0.4 is 4.74 Å². The molecule has 0 aromatic heterocycles. The number of Topliss-reactive ketones (excluding diaryl/α,β-unsaturated/α-hetero) is 1. The van der Waals surface area contributed by atoms with Crippen LogP contribution in [0.25, 0.3) is 0 Å². The van der Waals surface area contributed by atoms with E-state index in [-0.39, 0.29) is 24.3 Å². The third-order valence-electron chi connectivity index (χ3n) is 5.87. The molecule has 1 aliphatic heterocycles. The van der Waals surface area contributed by atoms with Crippen LogP contribution in [0.4, 0.5) is 0 Å². The number of carbonyl (C=O) groups excluding carboxylic acids is 2. The van der Waals surface area contributed by atoms with Gasteiger partial charge in [-0.3, -0.25) is 14.5 Å². The molecule has 1 amide bonds. The summed E-state index contributed by atoms with van der Waals surface area (Å²) >= 11 is 0. The molecule has 1 aliphatic rings. The fourth-order valence-electron chi connectivity index (χ4n) is 4.16. The minimum atomic E-state index is -0.0335. The average Bonchev–Trinajstić information content (AvgIpc) is 2.85. The lowest BCUT2D eigenvalue weighted by molar-refractivity contribution is -0.135. The van der Waals surface area contributed by atoms with Crippen molar-refractivity contribution in [1.29, 1.82) is 0 Å². The normalized spacial score (nSPS) is 14.4. The zero-order valence-corrected chi connectivity index (χ0v) is 18.3. The Bertz CT molecular complexity index is 1010. The average molecular weight is 429 g/mol. The molecule has 0 bridgehead atoms. The first-order valence-corrected chi connectivity index (χ1v) is 11.0. The van der Waals surface area contributed by atoms with Crippen molar-refractivity contribution in [2.45, 2.75) is 13.0 Å². The summed E-state index contributed by atoms with van der Waals surface area (Å²) in [5, 5.41) is 0. The molecule has 0 radical (unpaired) electrons. The fraction of sp³-hybridized carbons (Fsp3) is 0.259. The summed E-state index contributed by atoms with van der Waals surface area (Å²) in [6.45, 7) is 4.39. The SMILES string of the molecule is CC(=O)c1cccc(OCC(=O)N2CCN(C(c3ccccc3)c3ccccc3)CC2)c1. The Balaban J connectivity index is 1.37. The summed E-state index contributed by atoms with van der Waals surface area (Å²) < 4.78 is 5.67.